The standard InChI is InChI=1S/C15H21Br2NO3/c1-2-20-8-12(19)9-21-15-13(16)5-10(6-14(15)17)7-18-11-3-4-11/h5-6,11-12,18-19H,2-4,7-9H2,1H3. The van der Waals surface area contributed by atoms with Crippen molar-refractivity contribution >= 4 is 31.9 Å². The Labute approximate surface area is 142 Å². The summed E-state index contributed by atoms with van der Waals surface area (Å²) in [5.74, 6) is 0.709. The Hall–Kier alpha value is -0.140. The molecule has 1 aliphatic rings. The monoisotopic (exact) mass is 421 g/mol. The molecule has 1 aliphatic carbocycles. The van der Waals surface area contributed by atoms with Crippen LogP contribution >= 0.6 is 31.9 Å². The van der Waals surface area contributed by atoms with E-state index in [1.807, 2.05) is 19.1 Å². The molecule has 1 aromatic rings. The number of aliphatic hydroxyl groups is 1. The quantitative estimate of drug-likeness (QED) is 0.641. The summed E-state index contributed by atoms with van der Waals surface area (Å²) in [6.45, 7) is 3.84. The number of nitrogens with one attached hydrogen (secondary N) is 1. The Morgan fingerprint density at radius 2 is 1.95 bits per heavy atom. The first-order valence-corrected chi connectivity index (χ1v) is 8.78. The van der Waals surface area contributed by atoms with Gasteiger partial charge in [0.05, 0.1) is 15.6 Å². The second kappa shape index (κ2) is 8.48. The number of hydrogen-bond acceptors (Lipinski definition) is 4. The minimum Gasteiger partial charge on any atom is -0.488 e. The SMILES string of the molecule is CCOCC(O)COc1c(Br)cc(CNC2CC2)cc1Br. The van der Waals surface area contributed by atoms with Gasteiger partial charge in [-0.1, -0.05) is 0 Å². The molecule has 0 bridgehead atoms. The normalized spacial score (nSPS) is 16.0. The number of hydrogen-bond donors (Lipinski definition) is 2. The third kappa shape index (κ3) is 5.87. The van der Waals surface area contributed by atoms with Gasteiger partial charge in [-0.25, -0.2) is 0 Å². The van der Waals surface area contributed by atoms with Crippen LogP contribution in [0.3, 0.4) is 0 Å². The van der Waals surface area contributed by atoms with Crippen LogP contribution < -0.4 is 10.1 Å². The van der Waals surface area contributed by atoms with Crippen LogP contribution in [0.15, 0.2) is 21.1 Å². The lowest BCUT2D eigenvalue weighted by Gasteiger charge is -2.15. The molecular weight excluding hydrogens is 402 g/mol. The predicted molar refractivity (Wildman–Crippen MR) is 89.7 cm³/mol. The van der Waals surface area contributed by atoms with E-state index in [0.717, 1.165) is 15.5 Å². The molecule has 6 heteroatoms. The third-order valence-electron chi connectivity index (χ3n) is 3.16. The maximum absolute atomic E-state index is 9.74. The number of benzene rings is 1. The Kier molecular flexibility index (Phi) is 6.95. The summed E-state index contributed by atoms with van der Waals surface area (Å²) in [7, 11) is 0. The average Bonchev–Trinajstić information content (AvgIpc) is 3.26. The summed E-state index contributed by atoms with van der Waals surface area (Å²) in [6.07, 6.45) is 1.93. The second-order valence-electron chi connectivity index (χ2n) is 5.17. The fourth-order valence-electron chi connectivity index (χ4n) is 1.88. The van der Waals surface area contributed by atoms with E-state index in [9.17, 15) is 5.11 Å². The smallest absolute Gasteiger partial charge is 0.147 e. The van der Waals surface area contributed by atoms with Crippen molar-refractivity contribution in [3.8, 4) is 5.75 Å². The fourth-order valence-corrected chi connectivity index (χ4v) is 3.39. The van der Waals surface area contributed by atoms with Crippen LogP contribution in [0.1, 0.15) is 25.3 Å². The number of ether oxygens (including phenoxy) is 2. The van der Waals surface area contributed by atoms with Gasteiger partial charge in [0.1, 0.15) is 18.5 Å². The van der Waals surface area contributed by atoms with Crippen molar-refractivity contribution in [2.45, 2.75) is 38.5 Å². The Morgan fingerprint density at radius 3 is 2.52 bits per heavy atom. The van der Waals surface area contributed by atoms with Gasteiger partial charge in [0.2, 0.25) is 0 Å². The van der Waals surface area contributed by atoms with Crippen molar-refractivity contribution in [3.63, 3.8) is 0 Å². The third-order valence-corrected chi connectivity index (χ3v) is 4.34. The van der Waals surface area contributed by atoms with Crippen molar-refractivity contribution < 1.29 is 14.6 Å². The molecule has 2 rings (SSSR count). The summed E-state index contributed by atoms with van der Waals surface area (Å²) in [5, 5.41) is 13.2. The largest absolute Gasteiger partial charge is 0.488 e. The van der Waals surface area contributed by atoms with Crippen LogP contribution in [0.25, 0.3) is 0 Å². The number of aliphatic hydroxyl groups excluding tert-OH is 1. The lowest BCUT2D eigenvalue weighted by Crippen LogP contribution is -2.23. The Bertz CT molecular complexity index is 443. The summed E-state index contributed by atoms with van der Waals surface area (Å²) in [4.78, 5) is 0. The molecule has 0 saturated heterocycles. The van der Waals surface area contributed by atoms with Gasteiger partial charge in [0.15, 0.2) is 0 Å². The van der Waals surface area contributed by atoms with Gasteiger partial charge >= 0.3 is 0 Å². The van der Waals surface area contributed by atoms with E-state index in [-0.39, 0.29) is 13.2 Å². The van der Waals surface area contributed by atoms with Crippen LogP contribution in [0.5, 0.6) is 5.75 Å². The van der Waals surface area contributed by atoms with Crippen molar-refractivity contribution in [1.82, 2.24) is 5.32 Å². The Morgan fingerprint density at radius 1 is 1.29 bits per heavy atom. The van der Waals surface area contributed by atoms with Gasteiger partial charge in [-0.2, -0.15) is 0 Å². The van der Waals surface area contributed by atoms with E-state index < -0.39 is 6.10 Å². The lowest BCUT2D eigenvalue weighted by atomic mass is 10.2. The van der Waals surface area contributed by atoms with Crippen LogP contribution in [-0.2, 0) is 11.3 Å². The minimum absolute atomic E-state index is 0.205. The lowest BCUT2D eigenvalue weighted by molar-refractivity contribution is 0.0161. The fraction of sp³-hybridized carbons (Fsp3) is 0.600. The zero-order valence-electron chi connectivity index (χ0n) is 12.1. The molecule has 21 heavy (non-hydrogen) atoms. The highest BCUT2D eigenvalue weighted by molar-refractivity contribution is 9.11. The molecule has 1 aromatic carbocycles. The van der Waals surface area contributed by atoms with Gasteiger partial charge in [-0.05, 0) is 69.3 Å². The number of rotatable bonds is 9. The highest BCUT2D eigenvalue weighted by Crippen LogP contribution is 2.35. The maximum Gasteiger partial charge on any atom is 0.147 e. The molecule has 118 valence electrons. The van der Waals surface area contributed by atoms with Gasteiger partial charge in [-0.15, -0.1) is 0 Å². The van der Waals surface area contributed by atoms with E-state index >= 15 is 0 Å². The van der Waals surface area contributed by atoms with Crippen LogP contribution in [0.2, 0.25) is 0 Å². The molecule has 1 atom stereocenters. The predicted octanol–water partition coefficient (Wildman–Crippen LogP) is 3.24. The molecule has 0 aliphatic heterocycles. The maximum atomic E-state index is 9.74. The topological polar surface area (TPSA) is 50.7 Å². The molecule has 4 nitrogen and oxygen atoms in total. The molecule has 1 fully saturated rings. The summed E-state index contributed by atoms with van der Waals surface area (Å²) < 4.78 is 12.6. The van der Waals surface area contributed by atoms with Crippen molar-refractivity contribution in [3.05, 3.63) is 26.6 Å². The van der Waals surface area contributed by atoms with Gasteiger partial charge in [0.25, 0.3) is 0 Å². The van der Waals surface area contributed by atoms with Crippen molar-refractivity contribution in [1.29, 1.82) is 0 Å². The summed E-state index contributed by atoms with van der Waals surface area (Å²) in [5.41, 5.74) is 1.20. The molecule has 0 radical (unpaired) electrons. The van der Waals surface area contributed by atoms with Crippen LogP contribution in [0, 0.1) is 0 Å². The molecule has 0 heterocycles. The van der Waals surface area contributed by atoms with Crippen LogP contribution in [0.4, 0.5) is 0 Å². The first kappa shape index (κ1) is 17.2. The van der Waals surface area contributed by atoms with Gasteiger partial charge in [0, 0.05) is 19.2 Å². The zero-order chi connectivity index (χ0) is 15.2. The van der Waals surface area contributed by atoms with E-state index in [1.54, 1.807) is 0 Å². The first-order valence-electron chi connectivity index (χ1n) is 7.20. The van der Waals surface area contributed by atoms with E-state index in [0.29, 0.717) is 18.4 Å². The number of halogens is 2. The molecular formula is C15H21Br2NO3. The molecule has 0 amide bonds. The average molecular weight is 423 g/mol. The van der Waals surface area contributed by atoms with Crippen molar-refractivity contribution in [2.24, 2.45) is 0 Å². The molecule has 2 N–H and O–H groups in total. The van der Waals surface area contributed by atoms with Crippen molar-refractivity contribution in [2.75, 3.05) is 19.8 Å². The minimum atomic E-state index is -0.625. The summed E-state index contributed by atoms with van der Waals surface area (Å²) >= 11 is 7.06. The van der Waals surface area contributed by atoms with Gasteiger partial charge < -0.3 is 19.9 Å². The molecule has 1 saturated carbocycles. The van der Waals surface area contributed by atoms with E-state index in [4.69, 9.17) is 9.47 Å². The first-order chi connectivity index (χ1) is 10.1. The van der Waals surface area contributed by atoms with E-state index in [1.165, 1.54) is 18.4 Å². The highest BCUT2D eigenvalue weighted by atomic mass is 79.9. The molecule has 0 aromatic heterocycles. The van der Waals surface area contributed by atoms with Crippen LogP contribution in [-0.4, -0.2) is 37.1 Å². The Balaban J connectivity index is 1.89. The second-order valence-corrected chi connectivity index (χ2v) is 6.88. The molecule has 1 unspecified atom stereocenters. The highest BCUT2D eigenvalue weighted by Gasteiger charge is 2.20. The molecule has 0 spiro atoms. The van der Waals surface area contributed by atoms with E-state index in [2.05, 4.69) is 37.2 Å². The summed E-state index contributed by atoms with van der Waals surface area (Å²) in [6, 6.07) is 4.78. The zero-order valence-corrected chi connectivity index (χ0v) is 15.2. The van der Waals surface area contributed by atoms with Gasteiger partial charge in [-0.3, -0.25) is 0 Å².